The third-order valence-electron chi connectivity index (χ3n) is 2.00. The summed E-state index contributed by atoms with van der Waals surface area (Å²) in [6, 6.07) is 7.53. The molecule has 1 heterocycles. The molecule has 2 rings (SSSR count). The van der Waals surface area contributed by atoms with Crippen molar-refractivity contribution in [2.75, 3.05) is 6.61 Å². The van der Waals surface area contributed by atoms with E-state index in [9.17, 15) is 5.11 Å². The molecule has 0 aliphatic carbocycles. The molecule has 0 atom stereocenters. The lowest BCUT2D eigenvalue weighted by molar-refractivity contribution is 0.136. The summed E-state index contributed by atoms with van der Waals surface area (Å²) in [6.45, 7) is 3.38. The van der Waals surface area contributed by atoms with Gasteiger partial charge in [-0.15, -0.1) is 11.3 Å². The Morgan fingerprint density at radius 3 is 3.00 bits per heavy atom. The highest BCUT2D eigenvalue weighted by molar-refractivity contribution is 7.19. The lowest BCUT2D eigenvalue weighted by Crippen LogP contribution is -1.87. The highest BCUT2D eigenvalue weighted by Crippen LogP contribution is 2.28. The molecule has 0 amide bonds. The van der Waals surface area contributed by atoms with Crippen LogP contribution in [0.3, 0.4) is 0 Å². The monoisotopic (exact) mass is 208 g/mol. The zero-order valence-corrected chi connectivity index (χ0v) is 8.80. The van der Waals surface area contributed by atoms with Crippen molar-refractivity contribution in [1.82, 2.24) is 0 Å². The van der Waals surface area contributed by atoms with Gasteiger partial charge in [-0.3, -0.25) is 0 Å². The van der Waals surface area contributed by atoms with Gasteiger partial charge in [-0.25, -0.2) is 0 Å². The molecule has 1 N–H and O–H groups in total. The van der Waals surface area contributed by atoms with Crippen molar-refractivity contribution in [2.24, 2.45) is 0 Å². The molecule has 3 heteroatoms. The van der Waals surface area contributed by atoms with Crippen LogP contribution in [0, 0.1) is 0 Å². The van der Waals surface area contributed by atoms with Crippen molar-refractivity contribution in [2.45, 2.75) is 13.5 Å². The molecule has 14 heavy (non-hydrogen) atoms. The molecule has 1 aromatic carbocycles. The number of rotatable bonds is 3. The van der Waals surface area contributed by atoms with Crippen molar-refractivity contribution in [3.05, 3.63) is 29.1 Å². The first-order valence-electron chi connectivity index (χ1n) is 4.59. The standard InChI is InChI=1S/C11H12O2S/c1-2-13-7-10-5-8-3-4-9(12)6-11(8)14-10/h3-6,12H,2,7H2,1H3. The van der Waals surface area contributed by atoms with Gasteiger partial charge >= 0.3 is 0 Å². The Kier molecular flexibility index (Phi) is 2.70. The number of phenols is 1. The van der Waals surface area contributed by atoms with Crippen molar-refractivity contribution in [3.8, 4) is 5.75 Å². The second-order valence-electron chi connectivity index (χ2n) is 3.07. The summed E-state index contributed by atoms with van der Waals surface area (Å²) < 4.78 is 6.44. The summed E-state index contributed by atoms with van der Waals surface area (Å²) in [4.78, 5) is 1.20. The third-order valence-corrected chi connectivity index (χ3v) is 3.07. The minimum absolute atomic E-state index is 0.322. The van der Waals surface area contributed by atoms with Gasteiger partial charge in [0, 0.05) is 16.2 Å². The smallest absolute Gasteiger partial charge is 0.117 e. The van der Waals surface area contributed by atoms with E-state index >= 15 is 0 Å². The number of phenolic OH excluding ortho intramolecular Hbond substituents is 1. The highest BCUT2D eigenvalue weighted by Gasteiger charge is 2.02. The van der Waals surface area contributed by atoms with Gasteiger partial charge in [0.05, 0.1) is 6.61 Å². The molecule has 0 fully saturated rings. The number of hydrogen-bond acceptors (Lipinski definition) is 3. The lowest BCUT2D eigenvalue weighted by Gasteiger charge is -1.94. The fraction of sp³-hybridized carbons (Fsp3) is 0.273. The number of benzene rings is 1. The van der Waals surface area contributed by atoms with E-state index in [4.69, 9.17) is 4.74 Å². The first kappa shape index (κ1) is 9.49. The zero-order valence-electron chi connectivity index (χ0n) is 7.99. The van der Waals surface area contributed by atoms with Crippen LogP contribution in [0.1, 0.15) is 11.8 Å². The van der Waals surface area contributed by atoms with Crippen LogP contribution in [-0.2, 0) is 11.3 Å². The Morgan fingerprint density at radius 1 is 1.36 bits per heavy atom. The van der Waals surface area contributed by atoms with Gasteiger partial charge in [0.1, 0.15) is 5.75 Å². The van der Waals surface area contributed by atoms with Crippen LogP contribution in [-0.4, -0.2) is 11.7 Å². The van der Waals surface area contributed by atoms with E-state index < -0.39 is 0 Å². The van der Waals surface area contributed by atoms with E-state index in [2.05, 4.69) is 6.07 Å². The van der Waals surface area contributed by atoms with Crippen LogP contribution in [0.25, 0.3) is 10.1 Å². The molecule has 0 saturated carbocycles. The molecule has 1 aromatic heterocycles. The van der Waals surface area contributed by atoms with Gasteiger partial charge in [-0.05, 0) is 36.6 Å². The molecule has 0 bridgehead atoms. The second-order valence-corrected chi connectivity index (χ2v) is 4.24. The molecule has 0 aliphatic rings. The van der Waals surface area contributed by atoms with Gasteiger partial charge in [-0.2, -0.15) is 0 Å². The molecule has 0 aliphatic heterocycles. The van der Waals surface area contributed by atoms with Crippen LogP contribution >= 0.6 is 11.3 Å². The number of thiophene rings is 1. The van der Waals surface area contributed by atoms with Crippen LogP contribution in [0.5, 0.6) is 5.75 Å². The quantitative estimate of drug-likeness (QED) is 0.839. The largest absolute Gasteiger partial charge is 0.508 e. The minimum Gasteiger partial charge on any atom is -0.508 e. The Morgan fingerprint density at radius 2 is 2.21 bits per heavy atom. The van der Waals surface area contributed by atoms with E-state index in [1.54, 1.807) is 23.5 Å². The first-order valence-corrected chi connectivity index (χ1v) is 5.40. The van der Waals surface area contributed by atoms with Crippen LogP contribution in [0.2, 0.25) is 0 Å². The molecule has 74 valence electrons. The lowest BCUT2D eigenvalue weighted by atomic mass is 10.2. The van der Waals surface area contributed by atoms with Crippen LogP contribution < -0.4 is 0 Å². The Balaban J connectivity index is 2.32. The summed E-state index contributed by atoms with van der Waals surface area (Å²) in [5.74, 6) is 0.322. The number of hydrogen-bond donors (Lipinski definition) is 1. The van der Waals surface area contributed by atoms with E-state index in [-0.39, 0.29) is 0 Å². The van der Waals surface area contributed by atoms with Crippen LogP contribution in [0.4, 0.5) is 0 Å². The maximum absolute atomic E-state index is 9.29. The van der Waals surface area contributed by atoms with Crippen molar-refractivity contribution in [1.29, 1.82) is 0 Å². The second kappa shape index (κ2) is 3.98. The van der Waals surface area contributed by atoms with Gasteiger partial charge in [0.25, 0.3) is 0 Å². The van der Waals surface area contributed by atoms with E-state index in [0.717, 1.165) is 11.3 Å². The summed E-state index contributed by atoms with van der Waals surface area (Å²) in [6.07, 6.45) is 0. The van der Waals surface area contributed by atoms with Gasteiger partial charge in [0.2, 0.25) is 0 Å². The first-order chi connectivity index (χ1) is 6.79. The number of fused-ring (bicyclic) bond motifs is 1. The predicted octanol–water partition coefficient (Wildman–Crippen LogP) is 3.14. The Bertz CT molecular complexity index is 434. The Hall–Kier alpha value is -1.06. The number of aromatic hydroxyl groups is 1. The summed E-state index contributed by atoms with van der Waals surface area (Å²) in [7, 11) is 0. The molecule has 2 aromatic rings. The fourth-order valence-corrected chi connectivity index (χ4v) is 2.38. The normalized spacial score (nSPS) is 10.9. The minimum atomic E-state index is 0.322. The van der Waals surface area contributed by atoms with Crippen molar-refractivity contribution in [3.63, 3.8) is 0 Å². The maximum Gasteiger partial charge on any atom is 0.117 e. The molecule has 2 nitrogen and oxygen atoms in total. The molecular formula is C11H12O2S. The van der Waals surface area contributed by atoms with Gasteiger partial charge < -0.3 is 9.84 Å². The topological polar surface area (TPSA) is 29.5 Å². The van der Waals surface area contributed by atoms with E-state index in [1.165, 1.54) is 10.3 Å². The predicted molar refractivity (Wildman–Crippen MR) is 58.8 cm³/mol. The average Bonchev–Trinajstić information content (AvgIpc) is 2.56. The van der Waals surface area contributed by atoms with Gasteiger partial charge in [-0.1, -0.05) is 0 Å². The Labute approximate surface area is 86.8 Å². The maximum atomic E-state index is 9.29. The summed E-state index contributed by atoms with van der Waals surface area (Å²) >= 11 is 1.67. The number of ether oxygens (including phenoxy) is 1. The summed E-state index contributed by atoms with van der Waals surface area (Å²) in [5, 5.41) is 10.5. The molecule has 0 saturated heterocycles. The van der Waals surface area contributed by atoms with Crippen molar-refractivity contribution < 1.29 is 9.84 Å². The summed E-state index contributed by atoms with van der Waals surface area (Å²) in [5.41, 5.74) is 0. The van der Waals surface area contributed by atoms with E-state index in [1.807, 2.05) is 13.0 Å². The van der Waals surface area contributed by atoms with Gasteiger partial charge in [0.15, 0.2) is 0 Å². The van der Waals surface area contributed by atoms with Crippen LogP contribution in [0.15, 0.2) is 24.3 Å². The molecule has 0 spiro atoms. The molecular weight excluding hydrogens is 196 g/mol. The van der Waals surface area contributed by atoms with Crippen molar-refractivity contribution >= 4 is 21.4 Å². The SMILES string of the molecule is CCOCc1cc2ccc(O)cc2s1. The molecule has 0 unspecified atom stereocenters. The highest BCUT2D eigenvalue weighted by atomic mass is 32.1. The zero-order chi connectivity index (χ0) is 9.97. The molecule has 0 radical (unpaired) electrons. The fourth-order valence-electron chi connectivity index (χ4n) is 1.35. The third kappa shape index (κ3) is 1.89. The van der Waals surface area contributed by atoms with E-state index in [0.29, 0.717) is 12.4 Å². The average molecular weight is 208 g/mol.